The lowest BCUT2D eigenvalue weighted by molar-refractivity contribution is -0.158. The van der Waals surface area contributed by atoms with Gasteiger partial charge in [0.1, 0.15) is 12.2 Å². The van der Waals surface area contributed by atoms with Gasteiger partial charge in [0.25, 0.3) is 0 Å². The molecule has 0 aromatic heterocycles. The Hall–Kier alpha value is -1.03. The van der Waals surface area contributed by atoms with Crippen LogP contribution in [0.15, 0.2) is 12.2 Å². The molecule has 0 spiro atoms. The van der Waals surface area contributed by atoms with Crippen LogP contribution in [0.1, 0.15) is 13.3 Å². The Morgan fingerprint density at radius 3 is 2.88 bits per heavy atom. The molecule has 5 heteroatoms. The molecule has 17 heavy (non-hydrogen) atoms. The zero-order valence-corrected chi connectivity index (χ0v) is 10.1. The summed E-state index contributed by atoms with van der Waals surface area (Å²) in [5, 5.41) is -0.269. The summed E-state index contributed by atoms with van der Waals surface area (Å²) in [5.41, 5.74) is 0.347. The summed E-state index contributed by atoms with van der Waals surface area (Å²) in [5.74, 6) is -0.724. The lowest BCUT2D eigenvalue weighted by atomic mass is 9.87. The number of hydrogen-bond acceptors (Lipinski definition) is 4. The van der Waals surface area contributed by atoms with Crippen molar-refractivity contribution >= 4 is 23.5 Å². The fraction of sp³-hybridized carbons (Fsp3) is 0.667. The van der Waals surface area contributed by atoms with Crippen LogP contribution in [-0.2, 0) is 19.1 Å². The van der Waals surface area contributed by atoms with E-state index in [2.05, 4.69) is 6.58 Å². The lowest BCUT2D eigenvalue weighted by Crippen LogP contribution is -2.41. The van der Waals surface area contributed by atoms with Gasteiger partial charge in [-0.05, 0) is 13.3 Å². The zero-order valence-electron chi connectivity index (χ0n) is 9.39. The number of carbonyl (C=O) groups is 2. The highest BCUT2D eigenvalue weighted by Gasteiger charge is 2.67. The largest absolute Gasteiger partial charge is 0.458 e. The molecule has 2 saturated carbocycles. The van der Waals surface area contributed by atoms with E-state index in [1.54, 1.807) is 6.92 Å². The maximum atomic E-state index is 11.6. The first-order valence-corrected chi connectivity index (χ1v) is 6.15. The van der Waals surface area contributed by atoms with Crippen LogP contribution in [-0.4, -0.2) is 29.5 Å². The molecule has 6 atom stereocenters. The minimum absolute atomic E-state index is 0.0337. The van der Waals surface area contributed by atoms with Crippen LogP contribution in [0.4, 0.5) is 0 Å². The van der Waals surface area contributed by atoms with Gasteiger partial charge in [-0.15, -0.1) is 11.6 Å². The van der Waals surface area contributed by atoms with Gasteiger partial charge in [-0.3, -0.25) is 4.79 Å². The van der Waals surface area contributed by atoms with E-state index in [9.17, 15) is 9.59 Å². The third-order valence-electron chi connectivity index (χ3n) is 4.04. The molecule has 1 aliphatic heterocycles. The number of alkyl halides is 1. The molecule has 0 amide bonds. The smallest absolute Gasteiger partial charge is 0.333 e. The van der Waals surface area contributed by atoms with Crippen molar-refractivity contribution in [2.75, 3.05) is 0 Å². The summed E-state index contributed by atoms with van der Waals surface area (Å²) in [6.07, 6.45) is 0.119. The van der Waals surface area contributed by atoms with Gasteiger partial charge in [-0.1, -0.05) is 6.58 Å². The van der Waals surface area contributed by atoms with E-state index in [1.165, 1.54) is 0 Å². The standard InChI is InChI=1S/C12H13ClO4/c1-4(2)11(14)16-10-6-3-5-7(8(6)13)12(15)17-9(5)10/h5-10H,1,3H2,2H3. The Labute approximate surface area is 104 Å². The molecule has 0 radical (unpaired) electrons. The Balaban J connectivity index is 1.83. The number of carbonyl (C=O) groups excluding carboxylic acids is 2. The highest BCUT2D eigenvalue weighted by Crippen LogP contribution is 2.57. The summed E-state index contributed by atoms with van der Waals surface area (Å²) in [4.78, 5) is 23.1. The molecule has 3 aliphatic rings. The van der Waals surface area contributed by atoms with Gasteiger partial charge < -0.3 is 9.47 Å². The highest BCUT2D eigenvalue weighted by atomic mass is 35.5. The summed E-state index contributed by atoms with van der Waals surface area (Å²) < 4.78 is 10.6. The van der Waals surface area contributed by atoms with E-state index in [0.29, 0.717) is 5.57 Å². The second kappa shape index (κ2) is 3.48. The molecule has 2 bridgehead atoms. The topological polar surface area (TPSA) is 52.6 Å². The molecular weight excluding hydrogens is 244 g/mol. The van der Waals surface area contributed by atoms with Crippen molar-refractivity contribution in [3.63, 3.8) is 0 Å². The molecule has 0 aromatic rings. The van der Waals surface area contributed by atoms with Crippen LogP contribution in [0.5, 0.6) is 0 Å². The third-order valence-corrected chi connectivity index (χ3v) is 4.64. The first-order chi connectivity index (χ1) is 8.00. The predicted octanol–water partition coefficient (Wildman–Crippen LogP) is 1.27. The van der Waals surface area contributed by atoms with Crippen LogP contribution in [0.3, 0.4) is 0 Å². The molecule has 0 N–H and O–H groups in total. The van der Waals surface area contributed by atoms with E-state index in [0.717, 1.165) is 6.42 Å². The van der Waals surface area contributed by atoms with Crippen LogP contribution >= 0.6 is 11.6 Å². The Morgan fingerprint density at radius 1 is 1.53 bits per heavy atom. The van der Waals surface area contributed by atoms with Gasteiger partial charge in [-0.25, -0.2) is 4.79 Å². The Morgan fingerprint density at radius 2 is 2.24 bits per heavy atom. The summed E-state index contributed by atoms with van der Waals surface area (Å²) in [6, 6.07) is 0. The number of rotatable bonds is 2. The second-order valence-electron chi connectivity index (χ2n) is 5.09. The van der Waals surface area contributed by atoms with E-state index in [-0.39, 0.29) is 35.2 Å². The van der Waals surface area contributed by atoms with Gasteiger partial charge in [0.05, 0.1) is 11.3 Å². The first-order valence-electron chi connectivity index (χ1n) is 5.71. The van der Waals surface area contributed by atoms with Gasteiger partial charge in [0, 0.05) is 17.4 Å². The number of hydrogen-bond donors (Lipinski definition) is 0. The number of halogens is 1. The van der Waals surface area contributed by atoms with Crippen LogP contribution in [0.2, 0.25) is 0 Å². The summed E-state index contributed by atoms with van der Waals surface area (Å²) in [7, 11) is 0. The van der Waals surface area contributed by atoms with E-state index < -0.39 is 12.1 Å². The summed E-state index contributed by atoms with van der Waals surface area (Å²) in [6.45, 7) is 5.13. The quantitative estimate of drug-likeness (QED) is 0.424. The monoisotopic (exact) mass is 256 g/mol. The molecule has 3 rings (SSSR count). The van der Waals surface area contributed by atoms with Crippen molar-refractivity contribution in [2.45, 2.75) is 30.9 Å². The molecule has 1 saturated heterocycles. The third kappa shape index (κ3) is 1.36. The van der Waals surface area contributed by atoms with Crippen molar-refractivity contribution in [3.8, 4) is 0 Å². The van der Waals surface area contributed by atoms with Crippen LogP contribution < -0.4 is 0 Å². The SMILES string of the molecule is C=C(C)C(=O)OC1C2CC3C1OC(=O)C3C2Cl. The molecule has 92 valence electrons. The molecule has 4 nitrogen and oxygen atoms in total. The molecule has 3 fully saturated rings. The maximum Gasteiger partial charge on any atom is 0.333 e. The molecule has 6 unspecified atom stereocenters. The normalized spacial score (nSPS) is 45.9. The second-order valence-corrected chi connectivity index (χ2v) is 5.59. The van der Waals surface area contributed by atoms with Crippen molar-refractivity contribution in [1.82, 2.24) is 0 Å². The van der Waals surface area contributed by atoms with Gasteiger partial charge >= 0.3 is 11.9 Å². The van der Waals surface area contributed by atoms with Gasteiger partial charge in [-0.2, -0.15) is 0 Å². The molecular formula is C12H13ClO4. The number of ether oxygens (including phenoxy) is 2. The van der Waals surface area contributed by atoms with Crippen LogP contribution in [0.25, 0.3) is 0 Å². The number of fused-ring (bicyclic) bond motifs is 1. The van der Waals surface area contributed by atoms with E-state index >= 15 is 0 Å². The molecule has 2 aliphatic carbocycles. The summed E-state index contributed by atoms with van der Waals surface area (Å²) >= 11 is 6.24. The fourth-order valence-corrected chi connectivity index (χ4v) is 3.82. The van der Waals surface area contributed by atoms with Gasteiger partial charge in [0.2, 0.25) is 0 Å². The number of esters is 2. The Kier molecular flexibility index (Phi) is 2.27. The van der Waals surface area contributed by atoms with Gasteiger partial charge in [0.15, 0.2) is 0 Å². The average molecular weight is 257 g/mol. The Bertz CT molecular complexity index is 419. The predicted molar refractivity (Wildman–Crippen MR) is 59.3 cm³/mol. The lowest BCUT2D eigenvalue weighted by Gasteiger charge is -2.28. The van der Waals surface area contributed by atoms with E-state index in [4.69, 9.17) is 21.1 Å². The van der Waals surface area contributed by atoms with Crippen molar-refractivity contribution in [3.05, 3.63) is 12.2 Å². The first kappa shape index (κ1) is 11.1. The minimum Gasteiger partial charge on any atom is -0.458 e. The fourth-order valence-electron chi connectivity index (χ4n) is 3.28. The average Bonchev–Trinajstić information content (AvgIpc) is 2.82. The highest BCUT2D eigenvalue weighted by molar-refractivity contribution is 6.22. The van der Waals surface area contributed by atoms with Crippen molar-refractivity contribution < 1.29 is 19.1 Å². The maximum absolute atomic E-state index is 11.6. The minimum atomic E-state index is -0.439. The van der Waals surface area contributed by atoms with Crippen molar-refractivity contribution in [2.24, 2.45) is 17.8 Å². The molecule has 0 aromatic carbocycles. The molecule has 1 heterocycles. The van der Waals surface area contributed by atoms with Crippen molar-refractivity contribution in [1.29, 1.82) is 0 Å². The van der Waals surface area contributed by atoms with E-state index in [1.807, 2.05) is 0 Å². The van der Waals surface area contributed by atoms with Crippen LogP contribution in [0, 0.1) is 17.8 Å². The zero-order chi connectivity index (χ0) is 12.3.